The number of ether oxygens (including phenoxy) is 1. The minimum absolute atomic E-state index is 0.573. The summed E-state index contributed by atoms with van der Waals surface area (Å²) in [5.41, 5.74) is 2.38. The number of nitrogens with one attached hydrogen (secondary N) is 1. The van der Waals surface area contributed by atoms with Crippen LogP contribution in [0.15, 0.2) is 6.07 Å². The van der Waals surface area contributed by atoms with Crippen molar-refractivity contribution in [3.05, 3.63) is 17.5 Å². The second-order valence-electron chi connectivity index (χ2n) is 4.92. The second-order valence-corrected chi connectivity index (χ2v) is 4.92. The maximum absolute atomic E-state index is 5.46. The van der Waals surface area contributed by atoms with Crippen molar-refractivity contribution >= 4 is 0 Å². The van der Waals surface area contributed by atoms with E-state index in [2.05, 4.69) is 35.0 Å². The molecule has 2 atom stereocenters. The van der Waals surface area contributed by atoms with Gasteiger partial charge in [-0.1, -0.05) is 6.92 Å². The summed E-state index contributed by atoms with van der Waals surface area (Å²) in [6.07, 6.45) is 1.11. The van der Waals surface area contributed by atoms with E-state index in [1.54, 1.807) is 0 Å². The van der Waals surface area contributed by atoms with Gasteiger partial charge in [-0.3, -0.25) is 4.68 Å². The molecule has 1 fully saturated rings. The Morgan fingerprint density at radius 3 is 3.12 bits per heavy atom. The monoisotopic (exact) mass is 237 g/mol. The van der Waals surface area contributed by atoms with Gasteiger partial charge in [0, 0.05) is 25.7 Å². The molecule has 96 valence electrons. The molecule has 1 saturated heterocycles. The van der Waals surface area contributed by atoms with Gasteiger partial charge in [0.2, 0.25) is 0 Å². The summed E-state index contributed by atoms with van der Waals surface area (Å²) in [7, 11) is 0. The van der Waals surface area contributed by atoms with Crippen LogP contribution in [0.25, 0.3) is 0 Å². The number of hydrogen-bond donors (Lipinski definition) is 1. The first-order valence-corrected chi connectivity index (χ1v) is 6.55. The van der Waals surface area contributed by atoms with Crippen molar-refractivity contribution in [2.75, 3.05) is 13.2 Å². The molecule has 0 amide bonds. The quantitative estimate of drug-likeness (QED) is 0.866. The summed E-state index contributed by atoms with van der Waals surface area (Å²) in [6, 6.07) is 2.74. The first-order chi connectivity index (χ1) is 8.20. The van der Waals surface area contributed by atoms with Gasteiger partial charge in [-0.2, -0.15) is 5.10 Å². The topological polar surface area (TPSA) is 39.1 Å². The van der Waals surface area contributed by atoms with Crippen LogP contribution in [0, 0.1) is 12.8 Å². The van der Waals surface area contributed by atoms with Gasteiger partial charge in [0.05, 0.1) is 18.0 Å². The van der Waals surface area contributed by atoms with Gasteiger partial charge >= 0.3 is 0 Å². The van der Waals surface area contributed by atoms with Crippen molar-refractivity contribution in [2.45, 2.75) is 46.3 Å². The molecular formula is C13H23N3O. The Morgan fingerprint density at radius 1 is 1.59 bits per heavy atom. The molecule has 0 spiro atoms. The lowest BCUT2D eigenvalue weighted by atomic mass is 9.98. The van der Waals surface area contributed by atoms with Crippen LogP contribution in [0.3, 0.4) is 0 Å². The number of aromatic nitrogens is 2. The van der Waals surface area contributed by atoms with E-state index >= 15 is 0 Å². The maximum atomic E-state index is 5.46. The minimum atomic E-state index is 0.573. The summed E-state index contributed by atoms with van der Waals surface area (Å²) < 4.78 is 7.53. The SMILES string of the molecule is CCn1nc(C)cc1CNC1CCOCC1C. The fraction of sp³-hybridized carbons (Fsp3) is 0.769. The third-order valence-electron chi connectivity index (χ3n) is 3.47. The van der Waals surface area contributed by atoms with E-state index in [1.165, 1.54) is 5.69 Å². The maximum Gasteiger partial charge on any atom is 0.0597 e. The Hall–Kier alpha value is -0.870. The van der Waals surface area contributed by atoms with Crippen LogP contribution in [-0.4, -0.2) is 29.0 Å². The van der Waals surface area contributed by atoms with E-state index in [9.17, 15) is 0 Å². The van der Waals surface area contributed by atoms with Crippen molar-refractivity contribution in [1.82, 2.24) is 15.1 Å². The van der Waals surface area contributed by atoms with Gasteiger partial charge in [0.15, 0.2) is 0 Å². The average molecular weight is 237 g/mol. The molecule has 0 aromatic carbocycles. The van der Waals surface area contributed by atoms with Crippen molar-refractivity contribution in [1.29, 1.82) is 0 Å². The second kappa shape index (κ2) is 5.65. The molecule has 0 radical (unpaired) electrons. The van der Waals surface area contributed by atoms with E-state index in [-0.39, 0.29) is 0 Å². The number of nitrogens with zero attached hydrogens (tertiary/aromatic N) is 2. The molecule has 4 nitrogen and oxygen atoms in total. The highest BCUT2D eigenvalue weighted by molar-refractivity contribution is 5.08. The summed E-state index contributed by atoms with van der Waals surface area (Å²) in [4.78, 5) is 0. The molecule has 17 heavy (non-hydrogen) atoms. The van der Waals surface area contributed by atoms with Crippen LogP contribution >= 0.6 is 0 Å². The zero-order valence-electron chi connectivity index (χ0n) is 11.1. The van der Waals surface area contributed by atoms with Gasteiger partial charge in [-0.15, -0.1) is 0 Å². The van der Waals surface area contributed by atoms with E-state index < -0.39 is 0 Å². The van der Waals surface area contributed by atoms with Gasteiger partial charge in [-0.05, 0) is 32.3 Å². The Balaban J connectivity index is 1.92. The predicted molar refractivity (Wildman–Crippen MR) is 67.9 cm³/mol. The van der Waals surface area contributed by atoms with Crippen molar-refractivity contribution < 1.29 is 4.74 Å². The Morgan fingerprint density at radius 2 is 2.41 bits per heavy atom. The molecule has 1 aliphatic rings. The molecule has 1 aliphatic heterocycles. The van der Waals surface area contributed by atoms with E-state index in [0.717, 1.165) is 38.4 Å². The molecule has 0 saturated carbocycles. The molecule has 2 unspecified atom stereocenters. The number of hydrogen-bond acceptors (Lipinski definition) is 3. The van der Waals surface area contributed by atoms with Crippen molar-refractivity contribution in [3.63, 3.8) is 0 Å². The third-order valence-corrected chi connectivity index (χ3v) is 3.47. The Bertz CT molecular complexity index is 362. The summed E-state index contributed by atoms with van der Waals surface area (Å²) in [6.45, 7) is 10.0. The minimum Gasteiger partial charge on any atom is -0.381 e. The highest BCUT2D eigenvalue weighted by Crippen LogP contribution is 2.14. The van der Waals surface area contributed by atoms with Crippen LogP contribution in [-0.2, 0) is 17.8 Å². The fourth-order valence-electron chi connectivity index (χ4n) is 2.43. The van der Waals surface area contributed by atoms with Crippen LogP contribution in [0.2, 0.25) is 0 Å². The van der Waals surface area contributed by atoms with E-state index in [0.29, 0.717) is 12.0 Å². The molecular weight excluding hydrogens is 214 g/mol. The van der Waals surface area contributed by atoms with Gasteiger partial charge in [0.25, 0.3) is 0 Å². The van der Waals surface area contributed by atoms with Gasteiger partial charge < -0.3 is 10.1 Å². The zero-order valence-corrected chi connectivity index (χ0v) is 11.1. The largest absolute Gasteiger partial charge is 0.381 e. The lowest BCUT2D eigenvalue weighted by Crippen LogP contribution is -2.41. The van der Waals surface area contributed by atoms with Gasteiger partial charge in [0.1, 0.15) is 0 Å². The predicted octanol–water partition coefficient (Wildman–Crippen LogP) is 1.73. The molecule has 1 N–H and O–H groups in total. The van der Waals surface area contributed by atoms with Crippen LogP contribution in [0.5, 0.6) is 0 Å². The first kappa shape index (κ1) is 12.6. The van der Waals surface area contributed by atoms with Gasteiger partial charge in [-0.25, -0.2) is 0 Å². The molecule has 0 bridgehead atoms. The first-order valence-electron chi connectivity index (χ1n) is 6.55. The standard InChI is InChI=1S/C13H23N3O/c1-4-16-12(7-11(3)15-16)8-14-13-5-6-17-9-10(13)2/h7,10,13-14H,4-6,8-9H2,1-3H3. The van der Waals surface area contributed by atoms with Crippen LogP contribution in [0.4, 0.5) is 0 Å². The normalized spacial score (nSPS) is 25.1. The Labute approximate surface area is 103 Å². The molecule has 4 heteroatoms. The summed E-state index contributed by atoms with van der Waals surface area (Å²) >= 11 is 0. The van der Waals surface area contributed by atoms with Crippen LogP contribution in [0.1, 0.15) is 31.7 Å². The van der Waals surface area contributed by atoms with Crippen molar-refractivity contribution in [3.8, 4) is 0 Å². The number of rotatable bonds is 4. The summed E-state index contributed by atoms with van der Waals surface area (Å²) in [5.74, 6) is 0.600. The molecule has 1 aromatic rings. The lowest BCUT2D eigenvalue weighted by Gasteiger charge is -2.29. The third kappa shape index (κ3) is 3.07. The van der Waals surface area contributed by atoms with Crippen LogP contribution < -0.4 is 5.32 Å². The smallest absolute Gasteiger partial charge is 0.0597 e. The van der Waals surface area contributed by atoms with E-state index in [1.807, 2.05) is 6.92 Å². The molecule has 1 aromatic heterocycles. The molecule has 2 rings (SSSR count). The average Bonchev–Trinajstić information content (AvgIpc) is 2.69. The van der Waals surface area contributed by atoms with E-state index in [4.69, 9.17) is 4.74 Å². The molecule has 0 aliphatic carbocycles. The fourth-order valence-corrected chi connectivity index (χ4v) is 2.43. The van der Waals surface area contributed by atoms with Crippen molar-refractivity contribution in [2.24, 2.45) is 5.92 Å². The molecule has 2 heterocycles. The zero-order chi connectivity index (χ0) is 12.3. The number of aryl methyl sites for hydroxylation is 2. The Kier molecular flexibility index (Phi) is 4.18. The highest BCUT2D eigenvalue weighted by Gasteiger charge is 2.21. The lowest BCUT2D eigenvalue weighted by molar-refractivity contribution is 0.0384. The summed E-state index contributed by atoms with van der Waals surface area (Å²) in [5, 5.41) is 8.10. The highest BCUT2D eigenvalue weighted by atomic mass is 16.5.